The van der Waals surface area contributed by atoms with Crippen molar-refractivity contribution >= 4 is 6.01 Å². The molecule has 7 nitrogen and oxygen atoms in total. The van der Waals surface area contributed by atoms with E-state index in [1.54, 1.807) is 19.1 Å². The number of aromatic nitrogens is 1. The molecule has 0 atom stereocenters. The van der Waals surface area contributed by atoms with Crippen LogP contribution in [0, 0.1) is 6.92 Å². The molecule has 0 spiro atoms. The Labute approximate surface area is 127 Å². The van der Waals surface area contributed by atoms with Gasteiger partial charge in [0.25, 0.3) is 6.01 Å². The summed E-state index contributed by atoms with van der Waals surface area (Å²) in [7, 11) is 0. The van der Waals surface area contributed by atoms with Gasteiger partial charge in [0.2, 0.25) is 0 Å². The molecule has 0 bridgehead atoms. The van der Waals surface area contributed by atoms with Crippen molar-refractivity contribution in [3.63, 3.8) is 0 Å². The normalized spacial score (nSPS) is 13.3. The van der Waals surface area contributed by atoms with Crippen LogP contribution in [0.3, 0.4) is 0 Å². The highest BCUT2D eigenvalue weighted by Gasteiger charge is 2.19. The summed E-state index contributed by atoms with van der Waals surface area (Å²) in [4.78, 5) is 26.6. The Kier molecular flexibility index (Phi) is 3.29. The molecule has 116 valence electrons. The summed E-state index contributed by atoms with van der Waals surface area (Å²) in [6, 6.07) is 5.50. The molecule has 0 aliphatic carbocycles. The Bertz CT molecular complexity index is 777. The number of nitrogens with one attached hydrogen (secondary N) is 2. The van der Waals surface area contributed by atoms with E-state index in [9.17, 15) is 4.79 Å². The lowest BCUT2D eigenvalue weighted by atomic mass is 10.1. The van der Waals surface area contributed by atoms with E-state index in [0.29, 0.717) is 22.8 Å². The van der Waals surface area contributed by atoms with Crippen molar-refractivity contribution in [1.82, 2.24) is 10.6 Å². The molecule has 0 saturated heterocycles. The first-order valence-corrected chi connectivity index (χ1v) is 6.86. The molecule has 0 saturated carbocycles. The van der Waals surface area contributed by atoms with Gasteiger partial charge in [0.1, 0.15) is 0 Å². The Morgan fingerprint density at radius 2 is 1.91 bits per heavy atom. The summed E-state index contributed by atoms with van der Waals surface area (Å²) in [5.74, 6) is 1.12. The number of hydrogen-bond donors (Lipinski definition) is 2. The third-order valence-electron chi connectivity index (χ3n) is 3.07. The Morgan fingerprint density at radius 3 is 2.64 bits per heavy atom. The number of fused-ring (bicyclic) bond motifs is 1. The molecule has 2 N–H and O–H groups in total. The topological polar surface area (TPSA) is 85.6 Å². The molecule has 3 rings (SSSR count). The average Bonchev–Trinajstić information content (AvgIpc) is 2.88. The molecule has 1 aromatic carbocycles. The third kappa shape index (κ3) is 2.75. The first-order chi connectivity index (χ1) is 10.3. The fourth-order valence-corrected chi connectivity index (χ4v) is 2.05. The fourth-order valence-electron chi connectivity index (χ4n) is 2.05. The minimum atomic E-state index is -0.424. The van der Waals surface area contributed by atoms with Crippen molar-refractivity contribution in [2.24, 2.45) is 0 Å². The van der Waals surface area contributed by atoms with Gasteiger partial charge in [-0.25, -0.2) is 4.79 Å². The summed E-state index contributed by atoms with van der Waals surface area (Å²) in [6.45, 7) is 7.55. The van der Waals surface area contributed by atoms with Gasteiger partial charge >= 0.3 is 5.63 Å². The molecule has 2 heterocycles. The third-order valence-corrected chi connectivity index (χ3v) is 3.07. The summed E-state index contributed by atoms with van der Waals surface area (Å²) in [5.41, 5.74) is 3.35. The van der Waals surface area contributed by atoms with E-state index < -0.39 is 5.63 Å². The molecule has 0 amide bonds. The van der Waals surface area contributed by atoms with Crippen molar-refractivity contribution < 1.29 is 14.1 Å². The van der Waals surface area contributed by atoms with Gasteiger partial charge < -0.3 is 19.4 Å². The van der Waals surface area contributed by atoms with Gasteiger partial charge in [-0.2, -0.15) is 4.98 Å². The monoisotopic (exact) mass is 303 g/mol. The van der Waals surface area contributed by atoms with Crippen molar-refractivity contribution in [2.75, 3.05) is 5.32 Å². The van der Waals surface area contributed by atoms with Crippen molar-refractivity contribution in [3.05, 3.63) is 34.2 Å². The molecule has 0 radical (unpaired) electrons. The molecule has 22 heavy (non-hydrogen) atoms. The van der Waals surface area contributed by atoms with Gasteiger partial charge in [-0.05, 0) is 45.9 Å². The number of rotatable bonds is 2. The van der Waals surface area contributed by atoms with Crippen molar-refractivity contribution in [3.8, 4) is 22.8 Å². The maximum Gasteiger partial charge on any atom is 0.343 e. The van der Waals surface area contributed by atoms with Gasteiger partial charge in [0, 0.05) is 16.7 Å². The van der Waals surface area contributed by atoms with E-state index in [2.05, 4.69) is 15.9 Å². The van der Waals surface area contributed by atoms with Gasteiger partial charge in [0.15, 0.2) is 11.5 Å². The molecule has 1 aromatic heterocycles. The second-order valence-electron chi connectivity index (χ2n) is 6.10. The summed E-state index contributed by atoms with van der Waals surface area (Å²) in [6.07, 6.45) is 0. The number of nitrogens with zero attached hydrogens (tertiary/aromatic N) is 1. The van der Waals surface area contributed by atoms with E-state index in [0.717, 1.165) is 5.56 Å². The summed E-state index contributed by atoms with van der Waals surface area (Å²) < 4.78 is 5.19. The largest absolute Gasteiger partial charge is 0.389 e. The molecular formula is C15H17N3O4. The van der Waals surface area contributed by atoms with Crippen LogP contribution in [0.2, 0.25) is 0 Å². The zero-order valence-electron chi connectivity index (χ0n) is 12.8. The standard InChI is InChI=1S/C15H17N3O4/c1-8-12(9-5-6-10-11(7-9)22-18-21-10)16-14(20-13(8)19)17-15(2,3)4/h5-7,18H,1-4H3,(H,16,17). The maximum absolute atomic E-state index is 12.0. The lowest BCUT2D eigenvalue weighted by Crippen LogP contribution is -2.27. The van der Waals surface area contributed by atoms with E-state index in [-0.39, 0.29) is 11.6 Å². The van der Waals surface area contributed by atoms with E-state index in [4.69, 9.17) is 14.1 Å². The highest BCUT2D eigenvalue weighted by atomic mass is 16.9. The van der Waals surface area contributed by atoms with Crippen LogP contribution in [0.25, 0.3) is 11.3 Å². The second-order valence-corrected chi connectivity index (χ2v) is 6.10. The van der Waals surface area contributed by atoms with Crippen molar-refractivity contribution in [2.45, 2.75) is 33.2 Å². The molecule has 7 heteroatoms. The first kappa shape index (κ1) is 14.4. The minimum absolute atomic E-state index is 0.189. The van der Waals surface area contributed by atoms with Crippen LogP contribution in [0.15, 0.2) is 27.4 Å². The molecule has 1 aliphatic rings. The number of anilines is 1. The Balaban J connectivity index is 2.08. The zero-order valence-corrected chi connectivity index (χ0v) is 12.8. The fraction of sp³-hybridized carbons (Fsp3) is 0.333. The van der Waals surface area contributed by atoms with Crippen LogP contribution < -0.4 is 26.3 Å². The predicted molar refractivity (Wildman–Crippen MR) is 80.7 cm³/mol. The van der Waals surface area contributed by atoms with Gasteiger partial charge in [0.05, 0.1) is 11.3 Å². The molecule has 1 aliphatic heterocycles. The van der Waals surface area contributed by atoms with Gasteiger partial charge in [-0.15, -0.1) is 0 Å². The number of hydrogen-bond acceptors (Lipinski definition) is 7. The first-order valence-electron chi connectivity index (χ1n) is 6.86. The SMILES string of the molecule is Cc1c(-c2ccc3c(c2)ONO3)nc(NC(C)(C)C)oc1=O. The van der Waals surface area contributed by atoms with Crippen molar-refractivity contribution in [1.29, 1.82) is 0 Å². The van der Waals surface area contributed by atoms with Crippen LogP contribution in [0.4, 0.5) is 6.01 Å². The lowest BCUT2D eigenvalue weighted by Gasteiger charge is -2.20. The molecule has 0 unspecified atom stereocenters. The maximum atomic E-state index is 12.0. The van der Waals surface area contributed by atoms with Crippen LogP contribution in [-0.2, 0) is 0 Å². The minimum Gasteiger partial charge on any atom is -0.389 e. The predicted octanol–water partition coefficient (Wildman–Crippen LogP) is 2.41. The van der Waals surface area contributed by atoms with E-state index >= 15 is 0 Å². The average molecular weight is 303 g/mol. The molecule has 0 fully saturated rings. The van der Waals surface area contributed by atoms with Crippen LogP contribution in [-0.4, -0.2) is 10.5 Å². The molecule has 2 aromatic rings. The second kappa shape index (κ2) is 5.03. The van der Waals surface area contributed by atoms with E-state index in [1.807, 2.05) is 26.8 Å². The van der Waals surface area contributed by atoms with Crippen LogP contribution >= 0.6 is 0 Å². The van der Waals surface area contributed by atoms with Gasteiger partial charge in [-0.3, -0.25) is 0 Å². The highest BCUT2D eigenvalue weighted by molar-refractivity contribution is 5.67. The van der Waals surface area contributed by atoms with Crippen LogP contribution in [0.5, 0.6) is 11.5 Å². The van der Waals surface area contributed by atoms with E-state index in [1.165, 1.54) is 0 Å². The Hall–Kier alpha value is -2.54. The highest BCUT2D eigenvalue weighted by Crippen LogP contribution is 2.34. The smallest absolute Gasteiger partial charge is 0.343 e. The lowest BCUT2D eigenvalue weighted by molar-refractivity contribution is 0.0260. The zero-order chi connectivity index (χ0) is 15.9. The quantitative estimate of drug-likeness (QED) is 0.881. The van der Waals surface area contributed by atoms with Gasteiger partial charge in [-0.1, -0.05) is 0 Å². The summed E-state index contributed by atoms with van der Waals surface area (Å²) in [5, 5.41) is 3.07. The number of benzene rings is 1. The molecular weight excluding hydrogens is 286 g/mol. The van der Waals surface area contributed by atoms with Crippen LogP contribution in [0.1, 0.15) is 26.3 Å². The Morgan fingerprint density at radius 1 is 1.18 bits per heavy atom. The summed E-state index contributed by atoms with van der Waals surface area (Å²) >= 11 is 0.